The summed E-state index contributed by atoms with van der Waals surface area (Å²) >= 11 is 0. The summed E-state index contributed by atoms with van der Waals surface area (Å²) in [5, 5.41) is 13.5. The molecule has 3 rings (SSSR count). The van der Waals surface area contributed by atoms with Gasteiger partial charge in [-0.1, -0.05) is 0 Å². The largest absolute Gasteiger partial charge is 0.392 e. The number of aliphatic hydroxyl groups is 1. The molecule has 0 aromatic heterocycles. The van der Waals surface area contributed by atoms with Crippen LogP contribution in [0, 0.1) is 0 Å². The lowest BCUT2D eigenvalue weighted by molar-refractivity contribution is 0.139. The standard InChI is InChI=1S/C12H22N2O/c15-12-5-1-3-10(12)13-9-6-8-14-7-2-4-11(9)14/h9-13,15H,1-8H2/t9?,10-,11?,12-/m1/s1. The number of aliphatic hydroxyl groups excluding tert-OH is 1. The molecule has 4 atom stereocenters. The smallest absolute Gasteiger partial charge is 0.0693 e. The molecule has 3 heteroatoms. The van der Waals surface area contributed by atoms with E-state index in [0.717, 1.165) is 12.5 Å². The second-order valence-electron chi connectivity index (χ2n) is 5.41. The Balaban J connectivity index is 1.59. The van der Waals surface area contributed by atoms with Crippen LogP contribution < -0.4 is 5.32 Å². The van der Waals surface area contributed by atoms with Crippen molar-refractivity contribution in [3.63, 3.8) is 0 Å². The predicted molar refractivity (Wildman–Crippen MR) is 59.8 cm³/mol. The molecule has 1 aliphatic carbocycles. The van der Waals surface area contributed by atoms with Crippen LogP contribution in [0.4, 0.5) is 0 Å². The second-order valence-corrected chi connectivity index (χ2v) is 5.41. The Kier molecular flexibility index (Phi) is 2.71. The molecule has 0 bridgehead atoms. The molecule has 2 aliphatic heterocycles. The summed E-state index contributed by atoms with van der Waals surface area (Å²) in [5.41, 5.74) is 0. The van der Waals surface area contributed by atoms with Crippen molar-refractivity contribution in [3.05, 3.63) is 0 Å². The van der Waals surface area contributed by atoms with Crippen LogP contribution in [0.25, 0.3) is 0 Å². The van der Waals surface area contributed by atoms with E-state index in [-0.39, 0.29) is 6.10 Å². The number of nitrogens with one attached hydrogen (secondary N) is 1. The van der Waals surface area contributed by atoms with Crippen LogP contribution in [0.2, 0.25) is 0 Å². The maximum atomic E-state index is 9.81. The van der Waals surface area contributed by atoms with E-state index in [1.165, 1.54) is 45.2 Å². The van der Waals surface area contributed by atoms with Gasteiger partial charge in [-0.05, 0) is 45.1 Å². The van der Waals surface area contributed by atoms with E-state index in [9.17, 15) is 5.11 Å². The summed E-state index contributed by atoms with van der Waals surface area (Å²) in [7, 11) is 0. The van der Waals surface area contributed by atoms with E-state index in [0.29, 0.717) is 12.1 Å². The van der Waals surface area contributed by atoms with Gasteiger partial charge in [-0.3, -0.25) is 4.90 Å². The number of hydrogen-bond acceptors (Lipinski definition) is 3. The molecule has 0 aromatic rings. The van der Waals surface area contributed by atoms with E-state index in [1.54, 1.807) is 0 Å². The van der Waals surface area contributed by atoms with Crippen LogP contribution in [0.1, 0.15) is 38.5 Å². The monoisotopic (exact) mass is 210 g/mol. The van der Waals surface area contributed by atoms with Gasteiger partial charge in [-0.2, -0.15) is 0 Å². The van der Waals surface area contributed by atoms with Crippen LogP contribution in [0.15, 0.2) is 0 Å². The van der Waals surface area contributed by atoms with Crippen LogP contribution >= 0.6 is 0 Å². The van der Waals surface area contributed by atoms with Crippen molar-refractivity contribution < 1.29 is 5.11 Å². The summed E-state index contributed by atoms with van der Waals surface area (Å²) < 4.78 is 0. The molecule has 1 saturated carbocycles. The first-order chi connectivity index (χ1) is 7.34. The van der Waals surface area contributed by atoms with E-state index in [1.807, 2.05) is 0 Å². The number of fused-ring (bicyclic) bond motifs is 1. The molecule has 2 unspecified atom stereocenters. The Hall–Kier alpha value is -0.120. The van der Waals surface area contributed by atoms with E-state index in [4.69, 9.17) is 0 Å². The van der Waals surface area contributed by atoms with Gasteiger partial charge in [0.25, 0.3) is 0 Å². The average molecular weight is 210 g/mol. The zero-order chi connectivity index (χ0) is 10.3. The van der Waals surface area contributed by atoms with Gasteiger partial charge in [0.2, 0.25) is 0 Å². The Morgan fingerprint density at radius 3 is 2.67 bits per heavy atom. The predicted octanol–water partition coefficient (Wildman–Crippen LogP) is 0.726. The van der Waals surface area contributed by atoms with Crippen LogP contribution in [-0.2, 0) is 0 Å². The van der Waals surface area contributed by atoms with Crippen molar-refractivity contribution in [2.24, 2.45) is 0 Å². The maximum absolute atomic E-state index is 9.81. The van der Waals surface area contributed by atoms with Gasteiger partial charge in [0.15, 0.2) is 0 Å². The van der Waals surface area contributed by atoms with Crippen LogP contribution in [0.5, 0.6) is 0 Å². The lowest BCUT2D eigenvalue weighted by Gasteiger charge is -2.26. The highest BCUT2D eigenvalue weighted by atomic mass is 16.3. The Morgan fingerprint density at radius 1 is 0.933 bits per heavy atom. The zero-order valence-electron chi connectivity index (χ0n) is 9.36. The molecule has 86 valence electrons. The number of hydrogen-bond donors (Lipinski definition) is 2. The van der Waals surface area contributed by atoms with Crippen LogP contribution in [0.3, 0.4) is 0 Å². The van der Waals surface area contributed by atoms with Crippen LogP contribution in [-0.4, -0.2) is 47.3 Å². The first kappa shape index (κ1) is 10.1. The van der Waals surface area contributed by atoms with Gasteiger partial charge in [0.1, 0.15) is 0 Å². The SMILES string of the molecule is O[C@@H]1CCC[C@H]1NC1CCN2CCCC12. The average Bonchev–Trinajstić information content (AvgIpc) is 2.86. The highest BCUT2D eigenvalue weighted by Crippen LogP contribution is 2.29. The van der Waals surface area contributed by atoms with Gasteiger partial charge in [-0.25, -0.2) is 0 Å². The van der Waals surface area contributed by atoms with Crippen molar-refractivity contribution >= 4 is 0 Å². The summed E-state index contributed by atoms with van der Waals surface area (Å²) in [4.78, 5) is 2.62. The summed E-state index contributed by atoms with van der Waals surface area (Å²) in [5.74, 6) is 0. The van der Waals surface area contributed by atoms with E-state index in [2.05, 4.69) is 10.2 Å². The molecular weight excluding hydrogens is 188 g/mol. The second kappa shape index (κ2) is 4.04. The molecule has 0 amide bonds. The van der Waals surface area contributed by atoms with Gasteiger partial charge >= 0.3 is 0 Å². The fourth-order valence-corrected chi connectivity index (χ4v) is 3.69. The van der Waals surface area contributed by atoms with Crippen molar-refractivity contribution in [1.29, 1.82) is 0 Å². The lowest BCUT2D eigenvalue weighted by Crippen LogP contribution is -2.47. The minimum Gasteiger partial charge on any atom is -0.392 e. The Morgan fingerprint density at radius 2 is 1.87 bits per heavy atom. The molecule has 0 aromatic carbocycles. The molecule has 3 aliphatic rings. The molecule has 2 N–H and O–H groups in total. The fourth-order valence-electron chi connectivity index (χ4n) is 3.69. The third-order valence-electron chi connectivity index (χ3n) is 4.51. The third kappa shape index (κ3) is 1.81. The van der Waals surface area contributed by atoms with E-state index >= 15 is 0 Å². The van der Waals surface area contributed by atoms with Gasteiger partial charge in [0.05, 0.1) is 6.10 Å². The first-order valence-electron chi connectivity index (χ1n) is 6.53. The van der Waals surface area contributed by atoms with Gasteiger partial charge < -0.3 is 10.4 Å². The molecule has 0 spiro atoms. The molecule has 3 nitrogen and oxygen atoms in total. The van der Waals surface area contributed by atoms with Gasteiger partial charge in [0, 0.05) is 24.7 Å². The highest BCUT2D eigenvalue weighted by molar-refractivity contribution is 4.98. The summed E-state index contributed by atoms with van der Waals surface area (Å²) in [6.07, 6.45) is 7.30. The molecule has 3 fully saturated rings. The molecule has 15 heavy (non-hydrogen) atoms. The lowest BCUT2D eigenvalue weighted by atomic mass is 10.0. The Bertz CT molecular complexity index is 234. The zero-order valence-corrected chi connectivity index (χ0v) is 9.36. The molecular formula is C12H22N2O. The normalized spacial score (nSPS) is 46.2. The third-order valence-corrected chi connectivity index (χ3v) is 4.51. The number of nitrogens with zero attached hydrogens (tertiary/aromatic N) is 1. The van der Waals surface area contributed by atoms with E-state index < -0.39 is 0 Å². The summed E-state index contributed by atoms with van der Waals surface area (Å²) in [6, 6.07) is 1.82. The highest BCUT2D eigenvalue weighted by Gasteiger charge is 2.39. The molecule has 2 heterocycles. The summed E-state index contributed by atoms with van der Waals surface area (Å²) in [6.45, 7) is 2.57. The minimum absolute atomic E-state index is 0.0829. The fraction of sp³-hybridized carbons (Fsp3) is 1.00. The maximum Gasteiger partial charge on any atom is 0.0693 e. The van der Waals surface area contributed by atoms with Crippen molar-refractivity contribution in [1.82, 2.24) is 10.2 Å². The molecule has 2 saturated heterocycles. The first-order valence-corrected chi connectivity index (χ1v) is 6.53. The topological polar surface area (TPSA) is 35.5 Å². The number of rotatable bonds is 2. The van der Waals surface area contributed by atoms with Crippen molar-refractivity contribution in [2.75, 3.05) is 13.1 Å². The molecule has 0 radical (unpaired) electrons. The van der Waals surface area contributed by atoms with Gasteiger partial charge in [-0.15, -0.1) is 0 Å². The Labute approximate surface area is 91.8 Å². The quantitative estimate of drug-likeness (QED) is 0.705. The van der Waals surface area contributed by atoms with Crippen molar-refractivity contribution in [2.45, 2.75) is 62.8 Å². The minimum atomic E-state index is -0.0829. The van der Waals surface area contributed by atoms with Crippen molar-refractivity contribution in [3.8, 4) is 0 Å².